The molecule has 3 atom stereocenters. The van der Waals surface area contributed by atoms with Crippen LogP contribution in [0.2, 0.25) is 0 Å². The zero-order valence-electron chi connectivity index (χ0n) is 18.7. The molecule has 0 bridgehead atoms. The number of carbonyl (C=O) groups is 4. The highest BCUT2D eigenvalue weighted by atomic mass is 16.5. The fourth-order valence-corrected chi connectivity index (χ4v) is 3.57. The topological polar surface area (TPSA) is 137 Å². The van der Waals surface area contributed by atoms with E-state index >= 15 is 0 Å². The van der Waals surface area contributed by atoms with Gasteiger partial charge in [-0.15, -0.1) is 0 Å². The molecule has 2 rings (SSSR count). The van der Waals surface area contributed by atoms with E-state index in [1.165, 1.54) is 17.1 Å². The van der Waals surface area contributed by atoms with Crippen molar-refractivity contribution in [3.63, 3.8) is 0 Å². The van der Waals surface area contributed by atoms with Crippen LogP contribution in [0.5, 0.6) is 5.75 Å². The Hall–Kier alpha value is -3.14. The lowest BCUT2D eigenvalue weighted by molar-refractivity contribution is -0.152. The molecule has 4 N–H and O–H groups in total. The zero-order valence-corrected chi connectivity index (χ0v) is 18.7. The Morgan fingerprint density at radius 3 is 2.72 bits per heavy atom. The molecule has 0 saturated carbocycles. The van der Waals surface area contributed by atoms with Crippen LogP contribution in [0.4, 0.5) is 0 Å². The Kier molecular flexibility index (Phi) is 9.45. The molecule has 0 aromatic heterocycles. The summed E-state index contributed by atoms with van der Waals surface area (Å²) in [5.41, 5.74) is 3.55. The number of hydrogen-bond donors (Lipinski definition) is 4. The average molecular weight is 449 g/mol. The van der Waals surface area contributed by atoms with Gasteiger partial charge in [0.1, 0.15) is 23.9 Å². The van der Waals surface area contributed by atoms with Crippen LogP contribution in [0.25, 0.3) is 0 Å². The second kappa shape index (κ2) is 12.0. The molecule has 1 aromatic carbocycles. The van der Waals surface area contributed by atoms with E-state index in [1.54, 1.807) is 32.9 Å². The number of phenolic OH excluding ortho intramolecular Hbond substituents is 1. The normalized spacial score (nSPS) is 17.9. The van der Waals surface area contributed by atoms with Crippen molar-refractivity contribution in [3.8, 4) is 5.75 Å². The van der Waals surface area contributed by atoms with E-state index < -0.39 is 35.9 Å². The number of benzene rings is 1. The first-order valence-corrected chi connectivity index (χ1v) is 10.8. The number of esters is 1. The maximum Gasteiger partial charge on any atom is 0.324 e. The van der Waals surface area contributed by atoms with E-state index in [0.717, 1.165) is 0 Å². The van der Waals surface area contributed by atoms with Crippen molar-refractivity contribution in [2.75, 3.05) is 13.2 Å². The number of nitrogens with one attached hydrogen (secondary N) is 3. The molecule has 32 heavy (non-hydrogen) atoms. The molecule has 1 fully saturated rings. The molecule has 1 unspecified atom stereocenters. The minimum Gasteiger partial charge on any atom is -0.508 e. The summed E-state index contributed by atoms with van der Waals surface area (Å²) < 4.78 is 5.05. The van der Waals surface area contributed by atoms with E-state index in [4.69, 9.17) is 4.74 Å². The second-order valence-corrected chi connectivity index (χ2v) is 8.01. The summed E-state index contributed by atoms with van der Waals surface area (Å²) in [7, 11) is 0. The highest BCUT2D eigenvalue weighted by Gasteiger charge is 2.34. The molecule has 0 spiro atoms. The SMILES string of the molecule is CCOC(=O)C1CCCN(C(=O)[C@H](Cc2cccc(O)c2)NC(=O)[C@@H](NC=O)C(C)C)N1. The third-order valence-electron chi connectivity index (χ3n) is 5.19. The van der Waals surface area contributed by atoms with E-state index in [1.807, 2.05) is 0 Å². The molecule has 1 heterocycles. The van der Waals surface area contributed by atoms with Gasteiger partial charge in [-0.2, -0.15) is 0 Å². The first-order chi connectivity index (χ1) is 15.3. The van der Waals surface area contributed by atoms with E-state index in [2.05, 4.69) is 16.1 Å². The highest BCUT2D eigenvalue weighted by Crippen LogP contribution is 2.16. The van der Waals surface area contributed by atoms with Gasteiger partial charge in [0, 0.05) is 13.0 Å². The first-order valence-electron chi connectivity index (χ1n) is 10.8. The van der Waals surface area contributed by atoms with E-state index in [0.29, 0.717) is 31.4 Å². The van der Waals surface area contributed by atoms with Gasteiger partial charge in [-0.3, -0.25) is 24.2 Å². The molecule has 10 heteroatoms. The molecule has 1 aliphatic heterocycles. The monoisotopic (exact) mass is 448 g/mol. The van der Waals surface area contributed by atoms with Crippen molar-refractivity contribution in [2.24, 2.45) is 5.92 Å². The largest absolute Gasteiger partial charge is 0.508 e. The van der Waals surface area contributed by atoms with Crippen LogP contribution >= 0.6 is 0 Å². The molecule has 176 valence electrons. The van der Waals surface area contributed by atoms with Crippen LogP contribution in [0.3, 0.4) is 0 Å². The maximum absolute atomic E-state index is 13.3. The van der Waals surface area contributed by atoms with Crippen LogP contribution in [0.15, 0.2) is 24.3 Å². The average Bonchev–Trinajstić information content (AvgIpc) is 2.76. The van der Waals surface area contributed by atoms with Crippen molar-refractivity contribution in [2.45, 2.75) is 58.2 Å². The van der Waals surface area contributed by atoms with Crippen LogP contribution in [-0.4, -0.2) is 65.6 Å². The Morgan fingerprint density at radius 1 is 1.34 bits per heavy atom. The smallest absolute Gasteiger partial charge is 0.324 e. The van der Waals surface area contributed by atoms with Crippen LogP contribution < -0.4 is 16.1 Å². The second-order valence-electron chi connectivity index (χ2n) is 8.01. The van der Waals surface area contributed by atoms with Crippen LogP contribution in [0.1, 0.15) is 39.2 Å². The molecular formula is C22H32N4O6. The van der Waals surface area contributed by atoms with Crippen molar-refractivity contribution in [1.82, 2.24) is 21.1 Å². The number of aromatic hydroxyl groups is 1. The molecule has 1 saturated heterocycles. The predicted molar refractivity (Wildman–Crippen MR) is 116 cm³/mol. The predicted octanol–water partition coefficient (Wildman–Crippen LogP) is 0.249. The number of hydrogen-bond acceptors (Lipinski definition) is 7. The molecule has 1 aliphatic rings. The summed E-state index contributed by atoms with van der Waals surface area (Å²) >= 11 is 0. The van der Waals surface area contributed by atoms with Gasteiger partial charge in [-0.25, -0.2) is 5.43 Å². The van der Waals surface area contributed by atoms with Gasteiger partial charge in [0.2, 0.25) is 12.3 Å². The lowest BCUT2D eigenvalue weighted by Crippen LogP contribution is -2.61. The summed E-state index contributed by atoms with van der Waals surface area (Å²) in [4.78, 5) is 49.2. The summed E-state index contributed by atoms with van der Waals surface area (Å²) in [6.07, 6.45) is 1.70. The Bertz CT molecular complexity index is 815. The molecular weight excluding hydrogens is 416 g/mol. The number of carbonyl (C=O) groups excluding carboxylic acids is 4. The third-order valence-corrected chi connectivity index (χ3v) is 5.19. The summed E-state index contributed by atoms with van der Waals surface area (Å²) in [6, 6.07) is 3.97. The zero-order chi connectivity index (χ0) is 23.7. The molecule has 0 radical (unpaired) electrons. The number of nitrogens with zero attached hydrogens (tertiary/aromatic N) is 1. The highest BCUT2D eigenvalue weighted by molar-refractivity contribution is 5.91. The lowest BCUT2D eigenvalue weighted by atomic mass is 10.0. The number of amides is 3. The van der Waals surface area contributed by atoms with Gasteiger partial charge in [0.15, 0.2) is 0 Å². The summed E-state index contributed by atoms with van der Waals surface area (Å²) in [6.45, 7) is 5.87. The van der Waals surface area contributed by atoms with Crippen molar-refractivity contribution in [1.29, 1.82) is 0 Å². The Labute approximate surface area is 187 Å². The molecule has 10 nitrogen and oxygen atoms in total. The van der Waals surface area contributed by atoms with Crippen LogP contribution in [-0.2, 0) is 30.3 Å². The quantitative estimate of drug-likeness (QED) is 0.297. The van der Waals surface area contributed by atoms with Crippen molar-refractivity contribution >= 4 is 24.2 Å². The number of rotatable bonds is 10. The third kappa shape index (κ3) is 6.94. The standard InChI is InChI=1S/C22H32N4O6/c1-4-32-22(31)17-9-6-10-26(25-17)21(30)18(12-15-7-5-8-16(28)11-15)24-20(29)19(14(2)3)23-13-27/h5,7-8,11,13-14,17-19,25,28H,4,6,9-10,12H2,1-3H3,(H,23,27)(H,24,29)/t17?,18-,19-/m0/s1. The van der Waals surface area contributed by atoms with Gasteiger partial charge < -0.3 is 20.5 Å². The lowest BCUT2D eigenvalue weighted by Gasteiger charge is -2.35. The van der Waals surface area contributed by atoms with E-state index in [9.17, 15) is 24.3 Å². The summed E-state index contributed by atoms with van der Waals surface area (Å²) in [5, 5.41) is 16.3. The van der Waals surface area contributed by atoms with Gasteiger partial charge >= 0.3 is 5.97 Å². The van der Waals surface area contributed by atoms with Crippen molar-refractivity contribution < 1.29 is 29.0 Å². The first kappa shape index (κ1) is 25.1. The molecule has 3 amide bonds. The Balaban J connectivity index is 2.22. The van der Waals surface area contributed by atoms with Gasteiger partial charge in [0.05, 0.1) is 6.61 Å². The van der Waals surface area contributed by atoms with E-state index in [-0.39, 0.29) is 24.7 Å². The maximum atomic E-state index is 13.3. The van der Waals surface area contributed by atoms with Crippen molar-refractivity contribution in [3.05, 3.63) is 29.8 Å². The van der Waals surface area contributed by atoms with Crippen LogP contribution in [0, 0.1) is 5.92 Å². The summed E-state index contributed by atoms with van der Waals surface area (Å²) in [5.74, 6) is -1.51. The van der Waals surface area contributed by atoms with Gasteiger partial charge in [-0.05, 0) is 43.4 Å². The fraction of sp³-hybridized carbons (Fsp3) is 0.545. The Morgan fingerprint density at radius 2 is 2.09 bits per heavy atom. The number of phenols is 1. The number of hydrazine groups is 1. The minimum absolute atomic E-state index is 0.0428. The molecule has 0 aliphatic carbocycles. The fourth-order valence-electron chi connectivity index (χ4n) is 3.57. The minimum atomic E-state index is -0.979. The van der Waals surface area contributed by atoms with Gasteiger partial charge in [-0.1, -0.05) is 26.0 Å². The molecule has 1 aromatic rings. The number of ether oxygens (including phenoxy) is 1. The van der Waals surface area contributed by atoms with Gasteiger partial charge in [0.25, 0.3) is 5.91 Å².